The van der Waals surface area contributed by atoms with Crippen molar-refractivity contribution in [1.82, 2.24) is 10.6 Å². The molecule has 0 bridgehead atoms. The second kappa shape index (κ2) is 10.2. The highest BCUT2D eigenvalue weighted by Gasteiger charge is 2.28. The predicted molar refractivity (Wildman–Crippen MR) is 112 cm³/mol. The fourth-order valence-corrected chi connectivity index (χ4v) is 2.92. The average Bonchev–Trinajstić information content (AvgIpc) is 2.57. The fourth-order valence-electron chi connectivity index (χ4n) is 2.92. The van der Waals surface area contributed by atoms with Crippen LogP contribution in [0.2, 0.25) is 0 Å². The van der Waals surface area contributed by atoms with Gasteiger partial charge in [-0.1, -0.05) is 26.0 Å². The molecule has 9 heteroatoms. The van der Waals surface area contributed by atoms with E-state index in [0.717, 1.165) is 0 Å². The highest BCUT2D eigenvalue weighted by molar-refractivity contribution is 5.94. The van der Waals surface area contributed by atoms with Gasteiger partial charge in [-0.2, -0.15) is 0 Å². The fraction of sp³-hybridized carbons (Fsp3) is 0.600. The summed E-state index contributed by atoms with van der Waals surface area (Å²) in [6.07, 6.45) is 0.167. The van der Waals surface area contributed by atoms with Gasteiger partial charge in [0.25, 0.3) is 5.69 Å². The Balaban J connectivity index is 2.72. The van der Waals surface area contributed by atoms with Crippen molar-refractivity contribution in [3.63, 3.8) is 0 Å². The van der Waals surface area contributed by atoms with Crippen molar-refractivity contribution < 1.29 is 19.2 Å². The van der Waals surface area contributed by atoms with E-state index in [1.165, 1.54) is 18.2 Å². The van der Waals surface area contributed by atoms with Crippen LogP contribution < -0.4 is 16.0 Å². The van der Waals surface area contributed by atoms with E-state index in [1.54, 1.807) is 26.8 Å². The van der Waals surface area contributed by atoms with Crippen molar-refractivity contribution in [2.24, 2.45) is 5.92 Å². The van der Waals surface area contributed by atoms with Gasteiger partial charge in [-0.05, 0) is 46.1 Å². The summed E-state index contributed by atoms with van der Waals surface area (Å²) in [6.45, 7) is 11.5. The minimum Gasteiger partial charge on any atom is -0.444 e. The number of ether oxygens (including phenoxy) is 1. The van der Waals surface area contributed by atoms with Crippen LogP contribution in [-0.4, -0.2) is 41.2 Å². The lowest BCUT2D eigenvalue weighted by Gasteiger charge is -2.33. The number of nitro groups is 1. The molecule has 0 unspecified atom stereocenters. The molecule has 29 heavy (non-hydrogen) atoms. The number of nitro benzene ring substituents is 1. The normalized spacial score (nSPS) is 13.5. The number of hydrogen-bond acceptors (Lipinski definition) is 6. The molecule has 1 atom stereocenters. The summed E-state index contributed by atoms with van der Waals surface area (Å²) in [6, 6.07) is 5.96. The van der Waals surface area contributed by atoms with Crippen LogP contribution in [0, 0.1) is 16.0 Å². The molecule has 0 aromatic heterocycles. The molecule has 0 saturated heterocycles. The molecule has 0 aliphatic rings. The standard InChI is InChI=1S/C20H32N4O5/c1-14(2)11-20(6,13-21-18(26)29-19(3,4)5)22-12-17(25)23-15-9-7-8-10-16(15)24(27)28/h7-10,14,22H,11-13H2,1-6H3,(H,21,26)(H,23,25)/t20-/m1/s1. The maximum Gasteiger partial charge on any atom is 0.407 e. The molecule has 0 aliphatic heterocycles. The van der Waals surface area contributed by atoms with E-state index in [1.807, 2.05) is 20.8 Å². The number of carbonyl (C=O) groups is 2. The van der Waals surface area contributed by atoms with Gasteiger partial charge in [0.2, 0.25) is 5.91 Å². The molecule has 0 heterocycles. The van der Waals surface area contributed by atoms with Gasteiger partial charge in [-0.3, -0.25) is 14.9 Å². The van der Waals surface area contributed by atoms with Gasteiger partial charge in [0.15, 0.2) is 0 Å². The first-order chi connectivity index (χ1) is 13.3. The Morgan fingerprint density at radius 3 is 2.34 bits per heavy atom. The van der Waals surface area contributed by atoms with Gasteiger partial charge in [-0.15, -0.1) is 0 Å². The molecule has 9 nitrogen and oxygen atoms in total. The highest BCUT2D eigenvalue weighted by atomic mass is 16.6. The van der Waals surface area contributed by atoms with Crippen LogP contribution in [-0.2, 0) is 9.53 Å². The van der Waals surface area contributed by atoms with Crippen LogP contribution >= 0.6 is 0 Å². The van der Waals surface area contributed by atoms with Crippen molar-refractivity contribution in [2.75, 3.05) is 18.4 Å². The third kappa shape index (κ3) is 9.38. The SMILES string of the molecule is CC(C)C[C@](C)(CNC(=O)OC(C)(C)C)NCC(=O)Nc1ccccc1[N+](=O)[O-]. The zero-order valence-corrected chi connectivity index (χ0v) is 18.0. The van der Waals surface area contributed by atoms with Crippen molar-refractivity contribution in [3.05, 3.63) is 34.4 Å². The van der Waals surface area contributed by atoms with Crippen LogP contribution in [0.15, 0.2) is 24.3 Å². The average molecular weight is 408 g/mol. The first-order valence-electron chi connectivity index (χ1n) is 9.56. The number of alkyl carbamates (subject to hydrolysis) is 1. The monoisotopic (exact) mass is 408 g/mol. The van der Waals surface area contributed by atoms with E-state index < -0.39 is 28.1 Å². The number of anilines is 1. The molecule has 0 aliphatic carbocycles. The summed E-state index contributed by atoms with van der Waals surface area (Å²) in [4.78, 5) is 34.8. The number of nitrogens with one attached hydrogen (secondary N) is 3. The Bertz CT molecular complexity index is 730. The number of hydrogen-bond donors (Lipinski definition) is 3. The zero-order chi connectivity index (χ0) is 22.2. The Morgan fingerprint density at radius 1 is 1.17 bits per heavy atom. The lowest BCUT2D eigenvalue weighted by Crippen LogP contribution is -2.54. The molecule has 3 N–H and O–H groups in total. The minimum atomic E-state index is -0.601. The maximum absolute atomic E-state index is 12.3. The largest absolute Gasteiger partial charge is 0.444 e. The number of nitrogens with zero attached hydrogens (tertiary/aromatic N) is 1. The van der Waals surface area contributed by atoms with E-state index in [0.29, 0.717) is 12.3 Å². The van der Waals surface area contributed by atoms with E-state index >= 15 is 0 Å². The lowest BCUT2D eigenvalue weighted by molar-refractivity contribution is -0.383. The molecular formula is C20H32N4O5. The van der Waals surface area contributed by atoms with Crippen molar-refractivity contribution in [1.29, 1.82) is 0 Å². The molecule has 0 fully saturated rings. The number of carbonyl (C=O) groups excluding carboxylic acids is 2. The van der Waals surface area contributed by atoms with E-state index in [-0.39, 0.29) is 24.5 Å². The van der Waals surface area contributed by atoms with Gasteiger partial charge in [0.1, 0.15) is 11.3 Å². The van der Waals surface area contributed by atoms with Crippen LogP contribution in [0.5, 0.6) is 0 Å². The highest BCUT2D eigenvalue weighted by Crippen LogP contribution is 2.23. The quantitative estimate of drug-likeness (QED) is 0.425. The summed E-state index contributed by atoms with van der Waals surface area (Å²) in [5, 5.41) is 19.5. The summed E-state index contributed by atoms with van der Waals surface area (Å²) in [5.41, 5.74) is -1.19. The minimum absolute atomic E-state index is 0.0642. The van der Waals surface area contributed by atoms with Crippen molar-refractivity contribution >= 4 is 23.4 Å². The third-order valence-corrected chi connectivity index (χ3v) is 3.93. The number of rotatable bonds is 9. The first-order valence-corrected chi connectivity index (χ1v) is 9.56. The molecule has 0 spiro atoms. The van der Waals surface area contributed by atoms with Crippen molar-refractivity contribution in [3.8, 4) is 0 Å². The number of benzene rings is 1. The number of amides is 2. The Morgan fingerprint density at radius 2 is 1.79 bits per heavy atom. The first kappa shape index (κ1) is 24.4. The van der Waals surface area contributed by atoms with E-state index in [9.17, 15) is 19.7 Å². The van der Waals surface area contributed by atoms with Gasteiger partial charge >= 0.3 is 6.09 Å². The lowest BCUT2D eigenvalue weighted by atomic mass is 9.90. The molecule has 0 radical (unpaired) electrons. The van der Waals surface area contributed by atoms with Gasteiger partial charge < -0.3 is 20.7 Å². The second-order valence-corrected chi connectivity index (χ2v) is 8.69. The summed E-state index contributed by atoms with van der Waals surface area (Å²) < 4.78 is 5.26. The zero-order valence-electron chi connectivity index (χ0n) is 18.0. The molecular weight excluding hydrogens is 376 g/mol. The Kier molecular flexibility index (Phi) is 8.57. The molecule has 1 rings (SSSR count). The van der Waals surface area contributed by atoms with Crippen LogP contribution in [0.1, 0.15) is 48.0 Å². The summed E-state index contributed by atoms with van der Waals surface area (Å²) in [7, 11) is 0. The van der Waals surface area contributed by atoms with E-state index in [2.05, 4.69) is 16.0 Å². The summed E-state index contributed by atoms with van der Waals surface area (Å²) >= 11 is 0. The van der Waals surface area contributed by atoms with Gasteiger partial charge in [0, 0.05) is 18.2 Å². The van der Waals surface area contributed by atoms with Gasteiger partial charge in [0.05, 0.1) is 11.5 Å². The Hall–Kier alpha value is -2.68. The van der Waals surface area contributed by atoms with E-state index in [4.69, 9.17) is 4.74 Å². The molecule has 1 aromatic carbocycles. The van der Waals surface area contributed by atoms with Crippen molar-refractivity contribution in [2.45, 2.75) is 59.1 Å². The van der Waals surface area contributed by atoms with Crippen LogP contribution in [0.25, 0.3) is 0 Å². The molecule has 162 valence electrons. The van der Waals surface area contributed by atoms with Crippen LogP contribution in [0.3, 0.4) is 0 Å². The molecule has 0 saturated carbocycles. The molecule has 2 amide bonds. The topological polar surface area (TPSA) is 123 Å². The number of para-hydroxylation sites is 2. The van der Waals surface area contributed by atoms with Crippen LogP contribution in [0.4, 0.5) is 16.2 Å². The maximum atomic E-state index is 12.3. The molecule has 1 aromatic rings. The van der Waals surface area contributed by atoms with Gasteiger partial charge in [-0.25, -0.2) is 4.79 Å². The third-order valence-electron chi connectivity index (χ3n) is 3.93. The smallest absolute Gasteiger partial charge is 0.407 e. The summed E-state index contributed by atoms with van der Waals surface area (Å²) in [5.74, 6) is -0.0993. The second-order valence-electron chi connectivity index (χ2n) is 8.69. The predicted octanol–water partition coefficient (Wildman–Crippen LogP) is 3.45. The Labute approximate surface area is 171 Å².